The third kappa shape index (κ3) is 4.09. The Labute approximate surface area is 139 Å². The monoisotopic (exact) mass is 357 g/mol. The van der Waals surface area contributed by atoms with Gasteiger partial charge in [-0.25, -0.2) is 8.42 Å². The summed E-state index contributed by atoms with van der Waals surface area (Å²) in [7, 11) is -2.26. The van der Waals surface area contributed by atoms with Crippen LogP contribution in [0.3, 0.4) is 0 Å². The van der Waals surface area contributed by atoms with Crippen LogP contribution in [0, 0.1) is 11.3 Å². The van der Waals surface area contributed by atoms with Gasteiger partial charge in [0.25, 0.3) is 5.91 Å². The number of hydrogen-bond acceptors (Lipinski definition) is 6. The maximum absolute atomic E-state index is 12.7. The predicted octanol–water partition coefficient (Wildman–Crippen LogP) is 1.19. The molecule has 1 atom stereocenters. The van der Waals surface area contributed by atoms with Crippen LogP contribution in [-0.2, 0) is 14.8 Å². The number of sulfonamides is 1. The number of rotatable bonds is 6. The van der Waals surface area contributed by atoms with Crippen LogP contribution >= 0.6 is 11.3 Å². The molecule has 1 amide bonds. The molecule has 2 heterocycles. The van der Waals surface area contributed by atoms with Gasteiger partial charge in [0.1, 0.15) is 15.8 Å². The van der Waals surface area contributed by atoms with Crippen molar-refractivity contribution < 1.29 is 17.9 Å². The molecule has 1 saturated heterocycles. The first-order chi connectivity index (χ1) is 11.0. The number of methoxy groups -OCH3 is 1. The van der Waals surface area contributed by atoms with Crippen molar-refractivity contribution in [3.63, 3.8) is 0 Å². The SMILES string of the molecule is COC[C@@H](C#N)NC(=O)c1sccc1S(=O)(=O)N1CCCCC1. The van der Waals surface area contributed by atoms with Gasteiger partial charge in [-0.1, -0.05) is 6.42 Å². The number of carbonyl (C=O) groups excluding carboxylic acids is 1. The number of nitrogens with one attached hydrogen (secondary N) is 1. The maximum Gasteiger partial charge on any atom is 0.263 e. The smallest absolute Gasteiger partial charge is 0.263 e. The highest BCUT2D eigenvalue weighted by atomic mass is 32.2. The second kappa shape index (κ2) is 7.88. The van der Waals surface area contributed by atoms with Crippen molar-refractivity contribution in [2.75, 3.05) is 26.8 Å². The van der Waals surface area contributed by atoms with E-state index in [2.05, 4.69) is 5.32 Å². The Morgan fingerprint density at radius 2 is 2.17 bits per heavy atom. The van der Waals surface area contributed by atoms with Crippen LogP contribution in [0.1, 0.15) is 28.9 Å². The summed E-state index contributed by atoms with van der Waals surface area (Å²) >= 11 is 1.05. The molecule has 9 heteroatoms. The summed E-state index contributed by atoms with van der Waals surface area (Å²) in [6.45, 7) is 0.995. The van der Waals surface area contributed by atoms with Crippen molar-refractivity contribution in [2.24, 2.45) is 0 Å². The fourth-order valence-electron chi connectivity index (χ4n) is 2.41. The normalized spacial score (nSPS) is 17.4. The van der Waals surface area contributed by atoms with Gasteiger partial charge in [-0.3, -0.25) is 4.79 Å². The topological polar surface area (TPSA) is 99.5 Å². The minimum Gasteiger partial charge on any atom is -0.381 e. The minimum absolute atomic E-state index is 0.0102. The Morgan fingerprint density at radius 3 is 2.78 bits per heavy atom. The minimum atomic E-state index is -3.68. The van der Waals surface area contributed by atoms with E-state index in [0.29, 0.717) is 13.1 Å². The molecule has 1 aromatic rings. The lowest BCUT2D eigenvalue weighted by Crippen LogP contribution is -2.39. The highest BCUT2D eigenvalue weighted by Gasteiger charge is 2.31. The molecule has 7 nitrogen and oxygen atoms in total. The van der Waals surface area contributed by atoms with Crippen molar-refractivity contribution in [1.29, 1.82) is 5.26 Å². The van der Waals surface area contributed by atoms with E-state index in [-0.39, 0.29) is 16.4 Å². The largest absolute Gasteiger partial charge is 0.381 e. The van der Waals surface area contributed by atoms with Gasteiger partial charge in [0, 0.05) is 20.2 Å². The van der Waals surface area contributed by atoms with E-state index in [9.17, 15) is 13.2 Å². The molecule has 0 radical (unpaired) electrons. The molecule has 1 aliphatic heterocycles. The molecule has 1 N–H and O–H groups in total. The molecule has 126 valence electrons. The lowest BCUT2D eigenvalue weighted by Gasteiger charge is -2.25. The van der Waals surface area contributed by atoms with Gasteiger partial charge >= 0.3 is 0 Å². The summed E-state index contributed by atoms with van der Waals surface area (Å²) in [5.74, 6) is -0.570. The van der Waals surface area contributed by atoms with Crippen LogP contribution in [0.15, 0.2) is 16.3 Å². The second-order valence-corrected chi connectivity index (χ2v) is 8.01. The standard InChI is InChI=1S/C14H19N3O4S2/c1-21-10-11(9-15)16-14(18)13-12(5-8-22-13)23(19,20)17-6-3-2-4-7-17/h5,8,11H,2-4,6-7,10H2,1H3,(H,16,18)/t11-/m1/s1. The first kappa shape index (κ1) is 17.9. The van der Waals surface area contributed by atoms with E-state index in [1.807, 2.05) is 6.07 Å². The van der Waals surface area contributed by atoms with Crippen LogP contribution in [-0.4, -0.2) is 51.5 Å². The molecule has 0 unspecified atom stereocenters. The molecule has 0 spiro atoms. The molecule has 0 aromatic carbocycles. The molecule has 0 saturated carbocycles. The summed E-state index contributed by atoms with van der Waals surface area (Å²) in [6, 6.07) is 2.53. The zero-order valence-electron chi connectivity index (χ0n) is 12.8. The van der Waals surface area contributed by atoms with Gasteiger partial charge in [-0.15, -0.1) is 11.3 Å². The molecule has 2 rings (SSSR count). The van der Waals surface area contributed by atoms with Crippen molar-refractivity contribution in [2.45, 2.75) is 30.2 Å². The fraction of sp³-hybridized carbons (Fsp3) is 0.571. The molecule has 1 aliphatic rings. The number of hydrogen-bond donors (Lipinski definition) is 1. The van der Waals surface area contributed by atoms with Gasteiger partial charge in [-0.2, -0.15) is 9.57 Å². The van der Waals surface area contributed by atoms with Crippen molar-refractivity contribution >= 4 is 27.3 Å². The molecule has 0 aliphatic carbocycles. The molecule has 23 heavy (non-hydrogen) atoms. The van der Waals surface area contributed by atoms with E-state index in [1.54, 1.807) is 5.38 Å². The van der Waals surface area contributed by atoms with Gasteiger partial charge < -0.3 is 10.1 Å². The Morgan fingerprint density at radius 1 is 1.48 bits per heavy atom. The van der Waals surface area contributed by atoms with E-state index >= 15 is 0 Å². The number of amides is 1. The van der Waals surface area contributed by atoms with Crippen LogP contribution in [0.2, 0.25) is 0 Å². The number of thiophene rings is 1. The number of piperidine rings is 1. The molecule has 1 fully saturated rings. The number of carbonyl (C=O) groups is 1. The third-order valence-corrected chi connectivity index (χ3v) is 6.55. The van der Waals surface area contributed by atoms with Gasteiger partial charge in [-0.05, 0) is 24.3 Å². The zero-order valence-corrected chi connectivity index (χ0v) is 14.5. The summed E-state index contributed by atoms with van der Waals surface area (Å²) in [5.41, 5.74) is 0. The van der Waals surface area contributed by atoms with Crippen molar-refractivity contribution in [3.8, 4) is 6.07 Å². The Hall–Kier alpha value is -1.47. The van der Waals surface area contributed by atoms with Gasteiger partial charge in [0.15, 0.2) is 0 Å². The van der Waals surface area contributed by atoms with Gasteiger partial charge in [0.05, 0.1) is 12.7 Å². The van der Waals surface area contributed by atoms with E-state index < -0.39 is 22.0 Å². The van der Waals surface area contributed by atoms with Crippen molar-refractivity contribution in [1.82, 2.24) is 9.62 Å². The van der Waals surface area contributed by atoms with E-state index in [1.165, 1.54) is 17.5 Å². The molecular formula is C14H19N3O4S2. The highest BCUT2D eigenvalue weighted by molar-refractivity contribution is 7.89. The average molecular weight is 357 g/mol. The van der Waals surface area contributed by atoms with E-state index in [4.69, 9.17) is 10.00 Å². The first-order valence-corrected chi connectivity index (χ1v) is 9.59. The summed E-state index contributed by atoms with van der Waals surface area (Å²) in [5, 5.41) is 13.0. The van der Waals surface area contributed by atoms with Crippen LogP contribution in [0.25, 0.3) is 0 Å². The molecule has 1 aromatic heterocycles. The summed E-state index contributed by atoms with van der Waals surface area (Å²) in [4.78, 5) is 12.4. The van der Waals surface area contributed by atoms with Crippen LogP contribution in [0.5, 0.6) is 0 Å². The summed E-state index contributed by atoms with van der Waals surface area (Å²) < 4.78 is 31.7. The van der Waals surface area contributed by atoms with Crippen molar-refractivity contribution in [3.05, 3.63) is 16.3 Å². The Balaban J connectivity index is 2.21. The van der Waals surface area contributed by atoms with Crippen LogP contribution < -0.4 is 5.32 Å². The highest BCUT2D eigenvalue weighted by Crippen LogP contribution is 2.27. The first-order valence-electron chi connectivity index (χ1n) is 7.27. The number of nitrogens with zero attached hydrogens (tertiary/aromatic N) is 2. The number of ether oxygens (including phenoxy) is 1. The lowest BCUT2D eigenvalue weighted by molar-refractivity contribution is 0.0919. The quantitative estimate of drug-likeness (QED) is 0.824. The number of nitriles is 1. The fourth-order valence-corrected chi connectivity index (χ4v) is 5.23. The lowest BCUT2D eigenvalue weighted by atomic mass is 10.2. The Kier molecular flexibility index (Phi) is 6.12. The maximum atomic E-state index is 12.7. The van der Waals surface area contributed by atoms with E-state index in [0.717, 1.165) is 30.6 Å². The third-order valence-electron chi connectivity index (χ3n) is 3.56. The molecule has 0 bridgehead atoms. The summed E-state index contributed by atoms with van der Waals surface area (Å²) in [6.07, 6.45) is 2.67. The zero-order chi connectivity index (χ0) is 16.9. The Bertz CT molecular complexity index is 687. The predicted molar refractivity (Wildman–Crippen MR) is 85.7 cm³/mol. The second-order valence-electron chi connectivity index (χ2n) is 5.19. The molecular weight excluding hydrogens is 338 g/mol. The van der Waals surface area contributed by atoms with Crippen LogP contribution in [0.4, 0.5) is 0 Å². The average Bonchev–Trinajstić information content (AvgIpc) is 3.05. The van der Waals surface area contributed by atoms with Gasteiger partial charge in [0.2, 0.25) is 10.0 Å².